The number of anilines is 1. The summed E-state index contributed by atoms with van der Waals surface area (Å²) in [6.07, 6.45) is 1.22. The van der Waals surface area contributed by atoms with Gasteiger partial charge in [-0.05, 0) is 13.3 Å². The minimum Gasteiger partial charge on any atom is -0.302 e. The van der Waals surface area contributed by atoms with E-state index in [4.69, 9.17) is 0 Å². The van der Waals surface area contributed by atoms with Crippen LogP contribution in [0.4, 0.5) is 9.52 Å². The highest BCUT2D eigenvalue weighted by molar-refractivity contribution is 7.14. The number of hydrogen-bond acceptors (Lipinski definition) is 3. The van der Waals surface area contributed by atoms with Crippen LogP contribution >= 0.6 is 11.3 Å². The van der Waals surface area contributed by atoms with Gasteiger partial charge >= 0.3 is 0 Å². The minimum atomic E-state index is -0.341. The second kappa shape index (κ2) is 4.32. The van der Waals surface area contributed by atoms with E-state index in [-0.39, 0.29) is 11.0 Å². The molecule has 0 bridgehead atoms. The summed E-state index contributed by atoms with van der Waals surface area (Å²) in [7, 11) is 0. The van der Waals surface area contributed by atoms with Crippen molar-refractivity contribution < 1.29 is 9.18 Å². The van der Waals surface area contributed by atoms with E-state index in [2.05, 4.69) is 10.3 Å². The molecule has 3 nitrogen and oxygen atoms in total. The van der Waals surface area contributed by atoms with Gasteiger partial charge in [-0.15, -0.1) is 0 Å². The first-order valence-corrected chi connectivity index (χ1v) is 4.88. The van der Waals surface area contributed by atoms with E-state index in [0.717, 1.165) is 17.8 Å². The lowest BCUT2D eigenvalue weighted by Gasteiger charge is -1.97. The standard InChI is InChI=1S/C8H11FN2OS/c1-3-4-6(12)11-8-10-5(2)7(9)13-8/h3-4H2,1-2H3,(H,10,11,12). The molecule has 0 aliphatic heterocycles. The largest absolute Gasteiger partial charge is 0.302 e. The van der Waals surface area contributed by atoms with Crippen LogP contribution < -0.4 is 5.32 Å². The molecule has 1 N–H and O–H groups in total. The highest BCUT2D eigenvalue weighted by Crippen LogP contribution is 2.20. The van der Waals surface area contributed by atoms with Crippen LogP contribution in [0.2, 0.25) is 0 Å². The molecule has 1 rings (SSSR count). The predicted octanol–water partition coefficient (Wildman–Crippen LogP) is 2.33. The number of carbonyl (C=O) groups excluding carboxylic acids is 1. The van der Waals surface area contributed by atoms with Crippen LogP contribution in [0.15, 0.2) is 0 Å². The molecule has 13 heavy (non-hydrogen) atoms. The Morgan fingerprint density at radius 2 is 2.38 bits per heavy atom. The molecule has 0 saturated heterocycles. The molecule has 0 saturated carbocycles. The van der Waals surface area contributed by atoms with Crippen molar-refractivity contribution in [3.63, 3.8) is 0 Å². The molecule has 0 unspecified atom stereocenters. The lowest BCUT2D eigenvalue weighted by molar-refractivity contribution is -0.116. The highest BCUT2D eigenvalue weighted by atomic mass is 32.1. The van der Waals surface area contributed by atoms with Crippen LogP contribution in [0, 0.1) is 12.1 Å². The van der Waals surface area contributed by atoms with Gasteiger partial charge in [-0.25, -0.2) is 4.98 Å². The van der Waals surface area contributed by atoms with Crippen molar-refractivity contribution in [1.29, 1.82) is 0 Å². The maximum absolute atomic E-state index is 12.8. The van der Waals surface area contributed by atoms with Gasteiger partial charge in [0.1, 0.15) is 0 Å². The number of hydrogen-bond donors (Lipinski definition) is 1. The van der Waals surface area contributed by atoms with Crippen LogP contribution in [0.5, 0.6) is 0 Å². The summed E-state index contributed by atoms with van der Waals surface area (Å²) >= 11 is 0.859. The Bertz CT molecular complexity index is 292. The summed E-state index contributed by atoms with van der Waals surface area (Å²) in [6, 6.07) is 0. The Morgan fingerprint density at radius 1 is 1.69 bits per heavy atom. The molecule has 5 heteroatoms. The predicted molar refractivity (Wildman–Crippen MR) is 50.3 cm³/mol. The normalized spacial score (nSPS) is 10.1. The van der Waals surface area contributed by atoms with Crippen molar-refractivity contribution in [2.45, 2.75) is 26.7 Å². The molecule has 0 radical (unpaired) electrons. The number of halogens is 1. The van der Waals surface area contributed by atoms with E-state index < -0.39 is 0 Å². The first-order chi connectivity index (χ1) is 6.13. The Kier molecular flexibility index (Phi) is 3.36. The summed E-state index contributed by atoms with van der Waals surface area (Å²) in [6.45, 7) is 3.48. The summed E-state index contributed by atoms with van der Waals surface area (Å²) in [5, 5.41) is 2.53. The molecule has 0 aliphatic rings. The SMILES string of the molecule is CCCC(=O)Nc1nc(C)c(F)s1. The third kappa shape index (κ3) is 2.77. The van der Waals surface area contributed by atoms with Gasteiger partial charge < -0.3 is 5.32 Å². The number of aromatic nitrogens is 1. The first kappa shape index (κ1) is 10.1. The minimum absolute atomic E-state index is 0.115. The monoisotopic (exact) mass is 202 g/mol. The fourth-order valence-corrected chi connectivity index (χ4v) is 1.55. The van der Waals surface area contributed by atoms with E-state index in [1.54, 1.807) is 6.92 Å². The molecule has 72 valence electrons. The zero-order chi connectivity index (χ0) is 9.84. The Morgan fingerprint density at radius 3 is 2.85 bits per heavy atom. The number of thiazole rings is 1. The van der Waals surface area contributed by atoms with Crippen molar-refractivity contribution in [3.8, 4) is 0 Å². The van der Waals surface area contributed by atoms with Gasteiger partial charge in [0.05, 0.1) is 5.69 Å². The van der Waals surface area contributed by atoms with Crippen LogP contribution in [0.25, 0.3) is 0 Å². The van der Waals surface area contributed by atoms with Crippen LogP contribution in [0.3, 0.4) is 0 Å². The summed E-state index contributed by atoms with van der Waals surface area (Å²) in [5.74, 6) is -0.115. The lowest BCUT2D eigenvalue weighted by atomic mass is 10.3. The number of rotatable bonds is 3. The second-order valence-electron chi connectivity index (χ2n) is 2.68. The zero-order valence-electron chi connectivity index (χ0n) is 7.56. The number of nitrogens with one attached hydrogen (secondary N) is 1. The quantitative estimate of drug-likeness (QED) is 0.817. The molecule has 1 heterocycles. The van der Waals surface area contributed by atoms with Gasteiger partial charge in [0.25, 0.3) is 0 Å². The molecule has 0 aliphatic carbocycles. The fourth-order valence-electron chi connectivity index (χ4n) is 0.840. The lowest BCUT2D eigenvalue weighted by Crippen LogP contribution is -2.10. The molecule has 0 aromatic carbocycles. The maximum atomic E-state index is 12.8. The van der Waals surface area contributed by atoms with Crippen molar-refractivity contribution in [2.75, 3.05) is 5.32 Å². The summed E-state index contributed by atoms with van der Waals surface area (Å²) < 4.78 is 12.8. The molecular formula is C8H11FN2OS. The average molecular weight is 202 g/mol. The van der Waals surface area contributed by atoms with E-state index in [0.29, 0.717) is 17.2 Å². The van der Waals surface area contributed by atoms with E-state index in [9.17, 15) is 9.18 Å². The van der Waals surface area contributed by atoms with E-state index in [1.807, 2.05) is 6.92 Å². The van der Waals surface area contributed by atoms with Gasteiger partial charge in [-0.2, -0.15) is 4.39 Å². The molecule has 0 spiro atoms. The number of carbonyl (C=O) groups is 1. The van der Waals surface area contributed by atoms with Gasteiger partial charge in [-0.3, -0.25) is 4.79 Å². The molecule has 0 fully saturated rings. The molecule has 1 amide bonds. The van der Waals surface area contributed by atoms with Crippen molar-refractivity contribution >= 4 is 22.4 Å². The average Bonchev–Trinajstić information content (AvgIpc) is 2.31. The topological polar surface area (TPSA) is 42.0 Å². The van der Waals surface area contributed by atoms with Crippen LogP contribution in [-0.4, -0.2) is 10.9 Å². The van der Waals surface area contributed by atoms with Gasteiger partial charge in [-0.1, -0.05) is 18.3 Å². The molecular weight excluding hydrogens is 191 g/mol. The number of nitrogens with zero attached hydrogens (tertiary/aromatic N) is 1. The third-order valence-electron chi connectivity index (χ3n) is 1.46. The van der Waals surface area contributed by atoms with Crippen molar-refractivity contribution in [3.05, 3.63) is 10.8 Å². The maximum Gasteiger partial charge on any atom is 0.226 e. The summed E-state index contributed by atoms with van der Waals surface area (Å²) in [4.78, 5) is 14.9. The molecule has 1 aromatic rings. The van der Waals surface area contributed by atoms with E-state index in [1.165, 1.54) is 0 Å². The third-order valence-corrected chi connectivity index (χ3v) is 2.32. The highest BCUT2D eigenvalue weighted by Gasteiger charge is 2.08. The number of aryl methyl sites for hydroxylation is 1. The molecule has 1 aromatic heterocycles. The van der Waals surface area contributed by atoms with Crippen molar-refractivity contribution in [1.82, 2.24) is 4.98 Å². The fraction of sp³-hybridized carbons (Fsp3) is 0.500. The second-order valence-corrected chi connectivity index (χ2v) is 3.63. The van der Waals surface area contributed by atoms with Crippen LogP contribution in [0.1, 0.15) is 25.5 Å². The van der Waals surface area contributed by atoms with Crippen LogP contribution in [-0.2, 0) is 4.79 Å². The van der Waals surface area contributed by atoms with Gasteiger partial charge in [0.15, 0.2) is 5.13 Å². The smallest absolute Gasteiger partial charge is 0.226 e. The summed E-state index contributed by atoms with van der Waals surface area (Å²) in [5.41, 5.74) is 0.330. The number of amides is 1. The van der Waals surface area contributed by atoms with Gasteiger partial charge in [0.2, 0.25) is 11.0 Å². The van der Waals surface area contributed by atoms with Gasteiger partial charge in [0, 0.05) is 6.42 Å². The Hall–Kier alpha value is -0.970. The van der Waals surface area contributed by atoms with E-state index >= 15 is 0 Å². The van der Waals surface area contributed by atoms with Crippen molar-refractivity contribution in [2.24, 2.45) is 0 Å². The first-order valence-electron chi connectivity index (χ1n) is 4.06. The Labute approximate surface area is 80.0 Å². The zero-order valence-corrected chi connectivity index (χ0v) is 8.37. The molecule has 0 atom stereocenters. The Balaban J connectivity index is 2.59.